The van der Waals surface area contributed by atoms with Gasteiger partial charge in [0.1, 0.15) is 17.5 Å². The van der Waals surface area contributed by atoms with Gasteiger partial charge in [-0.1, -0.05) is 49.8 Å². The number of benzene rings is 1. The lowest BCUT2D eigenvalue weighted by Crippen LogP contribution is -2.54. The van der Waals surface area contributed by atoms with Crippen LogP contribution >= 0.6 is 0 Å². The average molecular weight is 476 g/mol. The van der Waals surface area contributed by atoms with Crippen LogP contribution < -0.4 is 10.6 Å². The molecule has 2 atom stereocenters. The van der Waals surface area contributed by atoms with Gasteiger partial charge in [0.05, 0.1) is 0 Å². The van der Waals surface area contributed by atoms with E-state index < -0.39 is 16.8 Å². The van der Waals surface area contributed by atoms with Crippen LogP contribution in [0.3, 0.4) is 0 Å². The van der Waals surface area contributed by atoms with E-state index in [0.29, 0.717) is 5.69 Å². The van der Waals surface area contributed by atoms with E-state index in [1.54, 1.807) is 24.0 Å². The molecule has 0 saturated heterocycles. The van der Waals surface area contributed by atoms with Crippen LogP contribution in [0.2, 0.25) is 0 Å². The van der Waals surface area contributed by atoms with Crippen molar-refractivity contribution in [3.63, 3.8) is 0 Å². The van der Waals surface area contributed by atoms with Gasteiger partial charge in [0.2, 0.25) is 17.7 Å². The minimum Gasteiger partial charge on any atom is -0.352 e. The lowest BCUT2D eigenvalue weighted by Gasteiger charge is -2.35. The molecule has 0 radical (unpaired) electrons. The highest BCUT2D eigenvalue weighted by atomic mass is 32.2. The minimum atomic E-state index is -1.65. The summed E-state index contributed by atoms with van der Waals surface area (Å²) in [6.45, 7) is 3.72. The summed E-state index contributed by atoms with van der Waals surface area (Å²) in [6.07, 6.45) is 9.16. The molecular weight excluding hydrogens is 438 g/mol. The van der Waals surface area contributed by atoms with Gasteiger partial charge >= 0.3 is 0 Å². The van der Waals surface area contributed by atoms with Gasteiger partial charge in [-0.05, 0) is 51.7 Å². The van der Waals surface area contributed by atoms with Crippen molar-refractivity contribution in [2.24, 2.45) is 0 Å². The highest BCUT2D eigenvalue weighted by Gasteiger charge is 2.35. The molecule has 0 aromatic heterocycles. The Morgan fingerprint density at radius 1 is 0.970 bits per heavy atom. The first-order valence-electron chi connectivity index (χ1n) is 12.2. The average Bonchev–Trinajstić information content (AvgIpc) is 3.30. The zero-order valence-electron chi connectivity index (χ0n) is 19.8. The van der Waals surface area contributed by atoms with Gasteiger partial charge in [-0.3, -0.25) is 18.6 Å². The highest BCUT2D eigenvalue weighted by molar-refractivity contribution is 7.86. The monoisotopic (exact) mass is 475 g/mol. The number of carbonyl (C=O) groups is 3. The fourth-order valence-corrected chi connectivity index (χ4v) is 5.75. The molecule has 8 heteroatoms. The molecule has 0 spiro atoms. The van der Waals surface area contributed by atoms with Gasteiger partial charge in [-0.25, -0.2) is 0 Å². The lowest BCUT2D eigenvalue weighted by molar-refractivity contribution is -0.140. The number of aryl methyl sites for hydroxylation is 1. The molecule has 1 aromatic rings. The second-order valence-corrected chi connectivity index (χ2v) is 10.9. The van der Waals surface area contributed by atoms with Gasteiger partial charge in [-0.2, -0.15) is 0 Å². The Bertz CT molecular complexity index is 846. The third-order valence-corrected chi connectivity index (χ3v) is 7.82. The van der Waals surface area contributed by atoms with E-state index in [4.69, 9.17) is 0 Å². The van der Waals surface area contributed by atoms with Gasteiger partial charge < -0.3 is 15.5 Å². The Balaban J connectivity index is 1.57. The van der Waals surface area contributed by atoms with Crippen molar-refractivity contribution < 1.29 is 18.6 Å². The van der Waals surface area contributed by atoms with Crippen LogP contribution in [-0.4, -0.2) is 56.5 Å². The molecular formula is C25H37N3O4S. The Morgan fingerprint density at radius 2 is 1.58 bits per heavy atom. The number of anilines is 1. The van der Waals surface area contributed by atoms with Gasteiger partial charge in [0.25, 0.3) is 0 Å². The predicted octanol–water partition coefficient (Wildman–Crippen LogP) is 3.29. The SMILES string of the molecule is Cc1ccc(NC(=O)C[S@](=O)CC(=O)N(C2CCCC2)[C@@H](C)C(=O)NC2CCCCC2)cc1. The fourth-order valence-electron chi connectivity index (χ4n) is 4.86. The Hall–Kier alpha value is -2.22. The molecule has 3 amide bonds. The summed E-state index contributed by atoms with van der Waals surface area (Å²) in [4.78, 5) is 40.1. The van der Waals surface area contributed by atoms with Crippen LogP contribution in [0.25, 0.3) is 0 Å². The smallest absolute Gasteiger partial charge is 0.242 e. The topological polar surface area (TPSA) is 95.6 Å². The maximum atomic E-state index is 13.2. The normalized spacial score (nSPS) is 19.0. The Labute approximate surface area is 199 Å². The molecule has 33 heavy (non-hydrogen) atoms. The lowest BCUT2D eigenvalue weighted by atomic mass is 9.95. The predicted molar refractivity (Wildman–Crippen MR) is 131 cm³/mol. The fraction of sp³-hybridized carbons (Fsp3) is 0.640. The third kappa shape index (κ3) is 7.66. The zero-order valence-corrected chi connectivity index (χ0v) is 20.6. The van der Waals surface area contributed by atoms with Gasteiger partial charge in [0, 0.05) is 28.6 Å². The van der Waals surface area contributed by atoms with Crippen molar-refractivity contribution in [2.75, 3.05) is 16.8 Å². The van der Waals surface area contributed by atoms with Crippen LogP contribution in [-0.2, 0) is 25.2 Å². The van der Waals surface area contributed by atoms with Crippen molar-refractivity contribution in [3.8, 4) is 0 Å². The van der Waals surface area contributed by atoms with Crippen LogP contribution in [0, 0.1) is 6.92 Å². The van der Waals surface area contributed by atoms with E-state index in [0.717, 1.165) is 56.9 Å². The maximum absolute atomic E-state index is 13.2. The first-order chi connectivity index (χ1) is 15.8. The summed E-state index contributed by atoms with van der Waals surface area (Å²) >= 11 is 0. The molecule has 0 aliphatic heterocycles. The number of hydrogen-bond donors (Lipinski definition) is 2. The van der Waals surface area contributed by atoms with E-state index in [1.165, 1.54) is 6.42 Å². The largest absolute Gasteiger partial charge is 0.352 e. The van der Waals surface area contributed by atoms with Gasteiger partial charge in [-0.15, -0.1) is 0 Å². The van der Waals surface area contributed by atoms with Crippen LogP contribution in [0.5, 0.6) is 0 Å². The van der Waals surface area contributed by atoms with Crippen LogP contribution in [0.1, 0.15) is 70.3 Å². The molecule has 0 bridgehead atoms. The molecule has 0 heterocycles. The van der Waals surface area contributed by atoms with E-state index in [2.05, 4.69) is 10.6 Å². The zero-order chi connectivity index (χ0) is 23.8. The standard InChI is InChI=1S/C25H37N3O4S/c1-18-12-14-21(15-13-18)26-23(29)16-33(32)17-24(30)28(22-10-6-7-11-22)19(2)25(31)27-20-8-4-3-5-9-20/h12-15,19-20,22H,3-11,16-17H2,1-2H3,(H,26,29)(H,27,31)/t19-,33-/m0/s1. The summed E-state index contributed by atoms with van der Waals surface area (Å²) in [5.74, 6) is -1.33. The summed E-state index contributed by atoms with van der Waals surface area (Å²) in [5, 5.41) is 5.84. The number of carbonyl (C=O) groups excluding carboxylic acids is 3. The number of nitrogens with zero attached hydrogens (tertiary/aromatic N) is 1. The highest BCUT2D eigenvalue weighted by Crippen LogP contribution is 2.26. The summed E-state index contributed by atoms with van der Waals surface area (Å²) < 4.78 is 12.6. The van der Waals surface area contributed by atoms with E-state index in [1.807, 2.05) is 19.1 Å². The van der Waals surface area contributed by atoms with E-state index in [-0.39, 0.29) is 41.3 Å². The third-order valence-electron chi connectivity index (χ3n) is 6.67. The molecule has 2 N–H and O–H groups in total. The molecule has 2 saturated carbocycles. The van der Waals surface area contributed by atoms with Crippen LogP contribution in [0.4, 0.5) is 5.69 Å². The maximum Gasteiger partial charge on any atom is 0.242 e. The van der Waals surface area contributed by atoms with Crippen molar-refractivity contribution in [3.05, 3.63) is 29.8 Å². The summed E-state index contributed by atoms with van der Waals surface area (Å²) in [5.41, 5.74) is 1.71. The van der Waals surface area contributed by atoms with Crippen molar-refractivity contribution >= 4 is 34.2 Å². The second kappa shape index (κ2) is 12.3. The first kappa shape index (κ1) is 25.4. The van der Waals surface area contributed by atoms with Gasteiger partial charge in [0.15, 0.2) is 0 Å². The Kier molecular flexibility index (Phi) is 9.47. The molecule has 2 aliphatic rings. The van der Waals surface area contributed by atoms with E-state index >= 15 is 0 Å². The summed E-state index contributed by atoms with van der Waals surface area (Å²) in [7, 11) is -1.65. The molecule has 1 aromatic carbocycles. The molecule has 7 nitrogen and oxygen atoms in total. The molecule has 2 fully saturated rings. The number of nitrogens with one attached hydrogen (secondary N) is 2. The number of amides is 3. The molecule has 0 unspecified atom stereocenters. The van der Waals surface area contributed by atoms with Crippen molar-refractivity contribution in [1.82, 2.24) is 10.2 Å². The second-order valence-electron chi connectivity index (χ2n) is 9.40. The summed E-state index contributed by atoms with van der Waals surface area (Å²) in [6, 6.07) is 6.90. The molecule has 182 valence electrons. The van der Waals surface area contributed by atoms with Crippen molar-refractivity contribution in [2.45, 2.75) is 89.8 Å². The molecule has 3 rings (SSSR count). The van der Waals surface area contributed by atoms with E-state index in [9.17, 15) is 18.6 Å². The molecule has 2 aliphatic carbocycles. The number of rotatable bonds is 9. The Morgan fingerprint density at radius 3 is 2.21 bits per heavy atom. The number of hydrogen-bond acceptors (Lipinski definition) is 4. The quantitative estimate of drug-likeness (QED) is 0.573. The van der Waals surface area contributed by atoms with Crippen molar-refractivity contribution in [1.29, 1.82) is 0 Å². The minimum absolute atomic E-state index is 0.0111. The van der Waals surface area contributed by atoms with Crippen LogP contribution in [0.15, 0.2) is 24.3 Å². The first-order valence-corrected chi connectivity index (χ1v) is 13.7.